The molecule has 0 radical (unpaired) electrons. The number of nitrogens with zero attached hydrogens (tertiary/aromatic N) is 4. The van der Waals surface area contributed by atoms with E-state index in [1.165, 1.54) is 28.7 Å². The van der Waals surface area contributed by atoms with Gasteiger partial charge in [-0.1, -0.05) is 17.7 Å². The van der Waals surface area contributed by atoms with Gasteiger partial charge in [-0.15, -0.1) is 0 Å². The summed E-state index contributed by atoms with van der Waals surface area (Å²) < 4.78 is 33.4. The van der Waals surface area contributed by atoms with E-state index in [1.807, 2.05) is 18.7 Å². The lowest BCUT2D eigenvalue weighted by Gasteiger charge is -2.36. The molecule has 1 aromatic carbocycles. The first-order valence-electron chi connectivity index (χ1n) is 10.2. The maximum atomic E-state index is 13.4. The predicted octanol–water partition coefficient (Wildman–Crippen LogP) is 3.30. The second-order valence-electron chi connectivity index (χ2n) is 7.82. The van der Waals surface area contributed by atoms with Crippen LogP contribution in [-0.2, 0) is 14.6 Å². The third-order valence-electron chi connectivity index (χ3n) is 5.27. The molecule has 0 unspecified atom stereocenters. The van der Waals surface area contributed by atoms with Gasteiger partial charge in [-0.3, -0.25) is 9.20 Å². The lowest BCUT2D eigenvalue weighted by molar-refractivity contribution is -0.00546. The van der Waals surface area contributed by atoms with E-state index >= 15 is 0 Å². The Kier molecular flexibility index (Phi) is 6.26. The third kappa shape index (κ3) is 4.50. The Morgan fingerprint density at radius 1 is 1.18 bits per heavy atom. The standard InChI is InChI=1S/C23H21ClN4O4S/c1-15-13-27(14-16(2)32-15)22-20(23(29)28-10-4-3-5-21(28)26-22)11-19(12-25)33(30,31)18-8-6-17(24)7-9-18/h3-11,15-16H,13-14H2,1-2H3/b19-11+/t15-,16+. The molecule has 3 heterocycles. The van der Waals surface area contributed by atoms with Gasteiger partial charge in [0.25, 0.3) is 5.56 Å². The number of nitriles is 1. The van der Waals surface area contributed by atoms with Crippen LogP contribution in [0.4, 0.5) is 5.82 Å². The van der Waals surface area contributed by atoms with E-state index in [4.69, 9.17) is 16.3 Å². The maximum absolute atomic E-state index is 13.4. The van der Waals surface area contributed by atoms with Gasteiger partial charge in [0.15, 0.2) is 0 Å². The summed E-state index contributed by atoms with van der Waals surface area (Å²) in [6, 6.07) is 12.4. The SMILES string of the molecule is C[C@@H]1CN(c2nc3ccccn3c(=O)c2/C=C(\C#N)S(=O)(=O)c2ccc(Cl)cc2)C[C@H](C)O1. The van der Waals surface area contributed by atoms with Crippen molar-refractivity contribution in [2.75, 3.05) is 18.0 Å². The van der Waals surface area contributed by atoms with Crippen molar-refractivity contribution in [1.29, 1.82) is 5.26 Å². The molecule has 1 aliphatic rings. The van der Waals surface area contributed by atoms with E-state index in [2.05, 4.69) is 4.98 Å². The fourth-order valence-corrected chi connectivity index (χ4v) is 5.12. The van der Waals surface area contributed by atoms with Gasteiger partial charge in [0, 0.05) is 24.3 Å². The first kappa shape index (κ1) is 23.0. The summed E-state index contributed by atoms with van der Waals surface area (Å²) in [4.78, 5) is 19.3. The van der Waals surface area contributed by atoms with E-state index in [-0.39, 0.29) is 22.7 Å². The van der Waals surface area contributed by atoms with Gasteiger partial charge >= 0.3 is 0 Å². The average Bonchev–Trinajstić information content (AvgIpc) is 2.78. The lowest BCUT2D eigenvalue weighted by atomic mass is 10.2. The summed E-state index contributed by atoms with van der Waals surface area (Å²) in [6.07, 6.45) is 2.43. The van der Waals surface area contributed by atoms with E-state index in [0.717, 1.165) is 6.08 Å². The first-order chi connectivity index (χ1) is 15.7. The summed E-state index contributed by atoms with van der Waals surface area (Å²) >= 11 is 5.87. The normalized spacial score (nSPS) is 19.5. The molecule has 10 heteroatoms. The molecule has 8 nitrogen and oxygen atoms in total. The van der Waals surface area contributed by atoms with Crippen molar-refractivity contribution < 1.29 is 13.2 Å². The molecule has 1 aliphatic heterocycles. The number of pyridine rings is 1. The Labute approximate surface area is 196 Å². The molecule has 4 rings (SSSR count). The summed E-state index contributed by atoms with van der Waals surface area (Å²) in [7, 11) is -4.18. The minimum absolute atomic E-state index is 0.0223. The summed E-state index contributed by atoms with van der Waals surface area (Å²) in [6.45, 7) is 4.76. The van der Waals surface area contributed by atoms with Crippen LogP contribution in [0, 0.1) is 11.3 Å². The molecule has 3 aromatic rings. The van der Waals surface area contributed by atoms with Crippen LogP contribution in [0.2, 0.25) is 5.02 Å². The highest BCUT2D eigenvalue weighted by molar-refractivity contribution is 7.95. The van der Waals surface area contributed by atoms with Crippen molar-refractivity contribution in [2.45, 2.75) is 31.0 Å². The molecular weight excluding hydrogens is 464 g/mol. The largest absolute Gasteiger partial charge is 0.372 e. The minimum atomic E-state index is -4.18. The van der Waals surface area contributed by atoms with Crippen LogP contribution in [0.3, 0.4) is 0 Å². The van der Waals surface area contributed by atoms with Crippen LogP contribution in [0.25, 0.3) is 11.7 Å². The fraction of sp³-hybridized carbons (Fsp3) is 0.261. The molecule has 1 saturated heterocycles. The second-order valence-corrected chi connectivity index (χ2v) is 10.2. The van der Waals surface area contributed by atoms with Gasteiger partial charge in [-0.2, -0.15) is 5.26 Å². The molecular formula is C23H21ClN4O4S. The quantitative estimate of drug-likeness (QED) is 0.523. The lowest BCUT2D eigenvalue weighted by Crippen LogP contribution is -2.46. The molecule has 1 fully saturated rings. The zero-order valence-corrected chi connectivity index (χ0v) is 19.5. The Morgan fingerprint density at radius 2 is 1.85 bits per heavy atom. The first-order valence-corrected chi connectivity index (χ1v) is 12.1. The number of allylic oxidation sites excluding steroid dienone is 1. The van der Waals surface area contributed by atoms with Gasteiger partial charge in [-0.25, -0.2) is 13.4 Å². The number of hydrogen-bond donors (Lipinski definition) is 0. The van der Waals surface area contributed by atoms with Crippen LogP contribution >= 0.6 is 11.6 Å². The highest BCUT2D eigenvalue weighted by Crippen LogP contribution is 2.27. The number of aromatic nitrogens is 2. The van der Waals surface area contributed by atoms with E-state index in [0.29, 0.717) is 29.6 Å². The molecule has 0 aliphatic carbocycles. The zero-order valence-electron chi connectivity index (χ0n) is 18.0. The van der Waals surface area contributed by atoms with Gasteiger partial charge in [0.2, 0.25) is 9.84 Å². The second kappa shape index (κ2) is 8.98. The number of rotatable bonds is 4. The Morgan fingerprint density at radius 3 is 2.48 bits per heavy atom. The van der Waals surface area contributed by atoms with Gasteiger partial charge in [0.1, 0.15) is 22.4 Å². The minimum Gasteiger partial charge on any atom is -0.372 e. The van der Waals surface area contributed by atoms with Crippen LogP contribution in [-0.4, -0.2) is 43.1 Å². The van der Waals surface area contributed by atoms with E-state index < -0.39 is 20.3 Å². The number of halogens is 1. The molecule has 2 aromatic heterocycles. The monoisotopic (exact) mass is 484 g/mol. The molecule has 170 valence electrons. The van der Waals surface area contributed by atoms with E-state index in [9.17, 15) is 18.5 Å². The maximum Gasteiger partial charge on any atom is 0.267 e. The smallest absolute Gasteiger partial charge is 0.267 e. The highest BCUT2D eigenvalue weighted by atomic mass is 35.5. The summed E-state index contributed by atoms with van der Waals surface area (Å²) in [5.74, 6) is 0.312. The Hall–Kier alpha value is -3.19. The molecule has 2 atom stereocenters. The number of hydrogen-bond acceptors (Lipinski definition) is 7. The molecule has 0 saturated carbocycles. The molecule has 0 N–H and O–H groups in total. The van der Waals surface area contributed by atoms with Crippen LogP contribution in [0.1, 0.15) is 19.4 Å². The van der Waals surface area contributed by atoms with E-state index in [1.54, 1.807) is 30.5 Å². The number of morpholine rings is 1. The van der Waals surface area contributed by atoms with Crippen LogP contribution < -0.4 is 10.5 Å². The van der Waals surface area contributed by atoms with Crippen molar-refractivity contribution in [3.8, 4) is 6.07 Å². The van der Waals surface area contributed by atoms with Crippen molar-refractivity contribution in [3.05, 3.63) is 74.5 Å². The summed E-state index contributed by atoms with van der Waals surface area (Å²) in [5.41, 5.74) is -0.0314. The fourth-order valence-electron chi connectivity index (χ4n) is 3.85. The van der Waals surface area contributed by atoms with Gasteiger partial charge < -0.3 is 9.64 Å². The molecule has 0 amide bonds. The average molecular weight is 485 g/mol. The van der Waals surface area contributed by atoms with Crippen molar-refractivity contribution in [2.24, 2.45) is 0 Å². The highest BCUT2D eigenvalue weighted by Gasteiger charge is 2.28. The Balaban J connectivity index is 1.94. The number of ether oxygens (including phenoxy) is 1. The van der Waals surface area contributed by atoms with Crippen LogP contribution in [0.5, 0.6) is 0 Å². The molecule has 33 heavy (non-hydrogen) atoms. The third-order valence-corrected chi connectivity index (χ3v) is 7.20. The van der Waals surface area contributed by atoms with Crippen LogP contribution in [0.15, 0.2) is 63.3 Å². The van der Waals surface area contributed by atoms with Crippen molar-refractivity contribution >= 4 is 39.0 Å². The predicted molar refractivity (Wildman–Crippen MR) is 126 cm³/mol. The zero-order chi connectivity index (χ0) is 23.8. The van der Waals surface area contributed by atoms with Gasteiger partial charge in [0.05, 0.1) is 22.7 Å². The topological polar surface area (TPSA) is 105 Å². The summed E-state index contributed by atoms with van der Waals surface area (Å²) in [5, 5.41) is 10.1. The molecule has 0 bridgehead atoms. The molecule has 0 spiro atoms. The van der Waals surface area contributed by atoms with Gasteiger partial charge in [-0.05, 0) is 56.3 Å². The van der Waals surface area contributed by atoms with Crippen molar-refractivity contribution in [1.82, 2.24) is 9.38 Å². The number of benzene rings is 1. The number of sulfone groups is 1. The number of fused-ring (bicyclic) bond motifs is 1. The van der Waals surface area contributed by atoms with Crippen molar-refractivity contribution in [3.63, 3.8) is 0 Å². The Bertz CT molecular complexity index is 1430. The number of anilines is 1.